The average Bonchev–Trinajstić information content (AvgIpc) is 2.78. The number of H-pyrrole nitrogens is 2. The van der Waals surface area contributed by atoms with Crippen LogP contribution in [0, 0.1) is 5.82 Å². The highest BCUT2D eigenvalue weighted by atomic mass is 19.1. The minimum absolute atomic E-state index is 0.0826. The number of nitrogens with one attached hydrogen (secondary N) is 2. The predicted octanol–water partition coefficient (Wildman–Crippen LogP) is 2.10. The van der Waals surface area contributed by atoms with E-state index in [4.69, 9.17) is 0 Å². The summed E-state index contributed by atoms with van der Waals surface area (Å²) >= 11 is 0. The predicted molar refractivity (Wildman–Crippen MR) is 78.5 cm³/mol. The molecule has 108 valence electrons. The van der Waals surface area contributed by atoms with Crippen molar-refractivity contribution in [3.05, 3.63) is 62.4 Å². The van der Waals surface area contributed by atoms with E-state index in [9.17, 15) is 14.0 Å². The Morgan fingerprint density at radius 3 is 2.57 bits per heavy atom. The van der Waals surface area contributed by atoms with Crippen molar-refractivity contribution in [1.82, 2.24) is 14.8 Å². The summed E-state index contributed by atoms with van der Waals surface area (Å²) in [7, 11) is 0. The summed E-state index contributed by atoms with van der Waals surface area (Å²) in [4.78, 5) is 27.5. The Bertz CT molecular complexity index is 903. The van der Waals surface area contributed by atoms with Gasteiger partial charge in [-0.15, -0.1) is 0 Å². The number of aryl methyl sites for hydroxylation is 1. The van der Waals surface area contributed by atoms with Crippen LogP contribution in [-0.4, -0.2) is 14.8 Å². The number of benzene rings is 1. The summed E-state index contributed by atoms with van der Waals surface area (Å²) in [6.45, 7) is 2.01. The standard InChI is InChI=1S/C15H14FN3O2/c1-2-3-10-8-12(20)13-14(17-10)18-19(15(13)21)11-6-4-9(16)5-7-11/h4-8H,2-3H2,1H3,(H2,17,18,20). The second-order valence-corrected chi connectivity index (χ2v) is 4.89. The van der Waals surface area contributed by atoms with Crippen molar-refractivity contribution in [2.24, 2.45) is 0 Å². The van der Waals surface area contributed by atoms with Crippen LogP contribution in [0.5, 0.6) is 0 Å². The van der Waals surface area contributed by atoms with Crippen LogP contribution in [0.4, 0.5) is 4.39 Å². The third kappa shape index (κ3) is 2.29. The summed E-state index contributed by atoms with van der Waals surface area (Å²) in [6, 6.07) is 6.93. The van der Waals surface area contributed by atoms with Gasteiger partial charge in [-0.1, -0.05) is 13.3 Å². The number of aromatic amines is 2. The molecule has 0 aliphatic rings. The van der Waals surface area contributed by atoms with Crippen LogP contribution in [0.15, 0.2) is 39.9 Å². The Hall–Kier alpha value is -2.63. The number of halogens is 1. The molecule has 0 amide bonds. The molecule has 3 rings (SSSR count). The molecule has 0 saturated heterocycles. The van der Waals surface area contributed by atoms with E-state index in [0.717, 1.165) is 18.5 Å². The zero-order valence-corrected chi connectivity index (χ0v) is 11.4. The summed E-state index contributed by atoms with van der Waals surface area (Å²) in [5, 5.41) is 2.95. The van der Waals surface area contributed by atoms with Gasteiger partial charge in [0.2, 0.25) is 0 Å². The second-order valence-electron chi connectivity index (χ2n) is 4.89. The Kier molecular flexibility index (Phi) is 3.21. The molecule has 5 nitrogen and oxygen atoms in total. The number of fused-ring (bicyclic) bond motifs is 1. The minimum Gasteiger partial charge on any atom is -0.343 e. The molecule has 2 N–H and O–H groups in total. The maximum Gasteiger partial charge on any atom is 0.284 e. The summed E-state index contributed by atoms with van der Waals surface area (Å²) in [5.41, 5.74) is 0.889. The highest BCUT2D eigenvalue weighted by molar-refractivity contribution is 5.74. The summed E-state index contributed by atoms with van der Waals surface area (Å²) in [5.74, 6) is -0.385. The molecule has 0 atom stereocenters. The van der Waals surface area contributed by atoms with Gasteiger partial charge in [-0.25, -0.2) is 9.07 Å². The van der Waals surface area contributed by atoms with Crippen LogP contribution >= 0.6 is 0 Å². The van der Waals surface area contributed by atoms with Gasteiger partial charge in [0.1, 0.15) is 16.9 Å². The van der Waals surface area contributed by atoms with Gasteiger partial charge >= 0.3 is 0 Å². The molecular formula is C15H14FN3O2. The quantitative estimate of drug-likeness (QED) is 0.774. The number of nitrogens with zero attached hydrogens (tertiary/aromatic N) is 1. The molecule has 0 aliphatic heterocycles. The van der Waals surface area contributed by atoms with Gasteiger partial charge < -0.3 is 4.98 Å². The normalized spacial score (nSPS) is 11.1. The topological polar surface area (TPSA) is 70.7 Å². The van der Waals surface area contributed by atoms with E-state index < -0.39 is 5.56 Å². The highest BCUT2D eigenvalue weighted by Crippen LogP contribution is 2.09. The van der Waals surface area contributed by atoms with Gasteiger partial charge in [0.15, 0.2) is 5.43 Å². The number of aromatic nitrogens is 3. The van der Waals surface area contributed by atoms with Gasteiger partial charge in [0.05, 0.1) is 5.69 Å². The first-order valence-electron chi connectivity index (χ1n) is 6.73. The summed E-state index contributed by atoms with van der Waals surface area (Å²) < 4.78 is 14.2. The van der Waals surface area contributed by atoms with Crippen LogP contribution in [-0.2, 0) is 6.42 Å². The first-order chi connectivity index (χ1) is 10.1. The largest absolute Gasteiger partial charge is 0.343 e. The smallest absolute Gasteiger partial charge is 0.284 e. The van der Waals surface area contributed by atoms with Gasteiger partial charge in [-0.05, 0) is 30.7 Å². The van der Waals surface area contributed by atoms with Crippen LogP contribution in [0.2, 0.25) is 0 Å². The lowest BCUT2D eigenvalue weighted by atomic mass is 10.2. The molecule has 2 heterocycles. The van der Waals surface area contributed by atoms with E-state index in [0.29, 0.717) is 11.3 Å². The van der Waals surface area contributed by atoms with E-state index in [-0.39, 0.29) is 16.6 Å². The zero-order valence-electron chi connectivity index (χ0n) is 11.4. The van der Waals surface area contributed by atoms with Crippen molar-refractivity contribution in [1.29, 1.82) is 0 Å². The maximum absolute atomic E-state index is 13.0. The number of pyridine rings is 1. The Morgan fingerprint density at radius 2 is 1.90 bits per heavy atom. The lowest BCUT2D eigenvalue weighted by Crippen LogP contribution is -2.18. The fourth-order valence-electron chi connectivity index (χ4n) is 2.36. The number of hydrogen-bond donors (Lipinski definition) is 2. The Labute approximate surface area is 119 Å². The fourth-order valence-corrected chi connectivity index (χ4v) is 2.36. The van der Waals surface area contributed by atoms with Gasteiger partial charge in [-0.2, -0.15) is 0 Å². The second kappa shape index (κ2) is 5.05. The SMILES string of the molecule is CCCc1cc(=O)c2c(=O)n(-c3ccc(F)cc3)[nH]c2[nH]1. The molecule has 21 heavy (non-hydrogen) atoms. The van der Waals surface area contributed by atoms with Crippen molar-refractivity contribution in [3.63, 3.8) is 0 Å². The van der Waals surface area contributed by atoms with Crippen molar-refractivity contribution >= 4 is 11.0 Å². The van der Waals surface area contributed by atoms with Gasteiger partial charge in [0.25, 0.3) is 5.56 Å². The van der Waals surface area contributed by atoms with E-state index in [1.54, 1.807) is 0 Å². The third-order valence-corrected chi connectivity index (χ3v) is 3.33. The zero-order chi connectivity index (χ0) is 15.0. The maximum atomic E-state index is 13.0. The lowest BCUT2D eigenvalue weighted by molar-refractivity contribution is 0.627. The van der Waals surface area contributed by atoms with Crippen molar-refractivity contribution in [2.45, 2.75) is 19.8 Å². The van der Waals surface area contributed by atoms with E-state index in [2.05, 4.69) is 10.1 Å². The summed E-state index contributed by atoms with van der Waals surface area (Å²) in [6.07, 6.45) is 1.62. The lowest BCUT2D eigenvalue weighted by Gasteiger charge is -2.00. The number of rotatable bonds is 3. The van der Waals surface area contributed by atoms with Gasteiger partial charge in [0, 0.05) is 11.8 Å². The molecule has 0 radical (unpaired) electrons. The van der Waals surface area contributed by atoms with E-state index >= 15 is 0 Å². The van der Waals surface area contributed by atoms with Gasteiger partial charge in [-0.3, -0.25) is 14.7 Å². The van der Waals surface area contributed by atoms with Crippen LogP contribution in [0.25, 0.3) is 16.7 Å². The first kappa shape index (κ1) is 13.4. The van der Waals surface area contributed by atoms with E-state index in [1.165, 1.54) is 35.0 Å². The molecular weight excluding hydrogens is 273 g/mol. The highest BCUT2D eigenvalue weighted by Gasteiger charge is 2.13. The van der Waals surface area contributed by atoms with Crippen LogP contribution in [0.3, 0.4) is 0 Å². The molecule has 0 bridgehead atoms. The Balaban J connectivity index is 2.24. The molecule has 0 saturated carbocycles. The average molecular weight is 287 g/mol. The molecule has 0 fully saturated rings. The third-order valence-electron chi connectivity index (χ3n) is 3.33. The van der Waals surface area contributed by atoms with Crippen molar-refractivity contribution in [3.8, 4) is 5.69 Å². The monoisotopic (exact) mass is 287 g/mol. The molecule has 2 aromatic heterocycles. The van der Waals surface area contributed by atoms with Crippen molar-refractivity contribution < 1.29 is 4.39 Å². The fraction of sp³-hybridized carbons (Fsp3) is 0.200. The van der Waals surface area contributed by atoms with E-state index in [1.807, 2.05) is 6.92 Å². The van der Waals surface area contributed by atoms with Crippen LogP contribution < -0.4 is 11.0 Å². The molecule has 3 aromatic rings. The van der Waals surface area contributed by atoms with Crippen molar-refractivity contribution in [2.75, 3.05) is 0 Å². The molecule has 0 unspecified atom stereocenters. The Morgan fingerprint density at radius 1 is 1.19 bits per heavy atom. The molecule has 0 spiro atoms. The molecule has 6 heteroatoms. The van der Waals surface area contributed by atoms with Crippen LogP contribution in [0.1, 0.15) is 19.0 Å². The molecule has 0 aliphatic carbocycles. The molecule has 1 aromatic carbocycles. The minimum atomic E-state index is -0.444. The first-order valence-corrected chi connectivity index (χ1v) is 6.73. The number of hydrogen-bond acceptors (Lipinski definition) is 2.